The molecule has 2 heterocycles. The van der Waals surface area contributed by atoms with Gasteiger partial charge in [-0.2, -0.15) is 0 Å². The van der Waals surface area contributed by atoms with Gasteiger partial charge in [-0.1, -0.05) is 12.1 Å². The Labute approximate surface area is 128 Å². The Bertz CT molecular complexity index is 676. The standard InChI is InChI=1S/C14H19N5O3/c1-5-11-6-10(16-22-11)7-17(2)14(21)12-13(19(4)9-20)15-8-18(12)3/h6,8-9H,5,7H2,1-4H3. The quantitative estimate of drug-likeness (QED) is 0.738. The molecule has 0 saturated carbocycles. The molecule has 2 aromatic rings. The third-order valence-electron chi connectivity index (χ3n) is 3.31. The average molecular weight is 305 g/mol. The van der Waals surface area contributed by atoms with Gasteiger partial charge in [0.25, 0.3) is 5.91 Å². The van der Waals surface area contributed by atoms with E-state index in [1.165, 1.54) is 16.1 Å². The number of carbonyl (C=O) groups excluding carboxylic acids is 2. The van der Waals surface area contributed by atoms with Crippen LogP contribution in [0.25, 0.3) is 0 Å². The number of rotatable bonds is 6. The topological polar surface area (TPSA) is 84.5 Å². The van der Waals surface area contributed by atoms with Gasteiger partial charge in [0, 0.05) is 33.6 Å². The SMILES string of the molecule is CCc1cc(CN(C)C(=O)c2c(N(C)C=O)ncn2C)no1. The van der Waals surface area contributed by atoms with Crippen LogP contribution in [-0.2, 0) is 24.8 Å². The van der Waals surface area contributed by atoms with Crippen LogP contribution in [0.1, 0.15) is 28.9 Å². The van der Waals surface area contributed by atoms with E-state index in [1.54, 1.807) is 25.7 Å². The molecule has 2 rings (SSSR count). The van der Waals surface area contributed by atoms with Crippen molar-refractivity contribution in [3.63, 3.8) is 0 Å². The third-order valence-corrected chi connectivity index (χ3v) is 3.31. The van der Waals surface area contributed by atoms with Crippen LogP contribution < -0.4 is 4.90 Å². The highest BCUT2D eigenvalue weighted by molar-refractivity contribution is 5.99. The van der Waals surface area contributed by atoms with E-state index < -0.39 is 0 Å². The molecule has 0 unspecified atom stereocenters. The van der Waals surface area contributed by atoms with E-state index in [2.05, 4.69) is 10.1 Å². The number of imidazole rings is 1. The van der Waals surface area contributed by atoms with Crippen LogP contribution >= 0.6 is 0 Å². The fourth-order valence-corrected chi connectivity index (χ4v) is 2.06. The molecule has 0 aliphatic carbocycles. The van der Waals surface area contributed by atoms with E-state index in [1.807, 2.05) is 13.0 Å². The molecule has 8 heteroatoms. The van der Waals surface area contributed by atoms with Crippen molar-refractivity contribution in [2.75, 3.05) is 19.0 Å². The van der Waals surface area contributed by atoms with Crippen LogP contribution in [0.4, 0.5) is 5.82 Å². The van der Waals surface area contributed by atoms with E-state index in [0.717, 1.165) is 12.2 Å². The van der Waals surface area contributed by atoms with Crippen molar-refractivity contribution in [1.29, 1.82) is 0 Å². The number of hydrogen-bond donors (Lipinski definition) is 0. The number of nitrogens with zero attached hydrogens (tertiary/aromatic N) is 5. The molecule has 0 atom stereocenters. The Morgan fingerprint density at radius 3 is 2.77 bits per heavy atom. The smallest absolute Gasteiger partial charge is 0.274 e. The van der Waals surface area contributed by atoms with E-state index in [4.69, 9.17) is 4.52 Å². The highest BCUT2D eigenvalue weighted by atomic mass is 16.5. The van der Waals surface area contributed by atoms with E-state index in [-0.39, 0.29) is 5.91 Å². The van der Waals surface area contributed by atoms with Gasteiger partial charge < -0.3 is 18.9 Å². The van der Waals surface area contributed by atoms with Crippen molar-refractivity contribution in [2.24, 2.45) is 7.05 Å². The zero-order chi connectivity index (χ0) is 16.3. The van der Waals surface area contributed by atoms with Crippen molar-refractivity contribution in [1.82, 2.24) is 19.6 Å². The first-order valence-corrected chi connectivity index (χ1v) is 6.87. The minimum atomic E-state index is -0.246. The molecular weight excluding hydrogens is 286 g/mol. The Hall–Kier alpha value is -2.64. The van der Waals surface area contributed by atoms with Gasteiger partial charge in [-0.25, -0.2) is 4.98 Å². The fourth-order valence-electron chi connectivity index (χ4n) is 2.06. The maximum absolute atomic E-state index is 12.6. The molecule has 8 nitrogen and oxygen atoms in total. The molecule has 0 bridgehead atoms. The Morgan fingerprint density at radius 1 is 1.45 bits per heavy atom. The summed E-state index contributed by atoms with van der Waals surface area (Å²) in [5.74, 6) is 0.853. The summed E-state index contributed by atoms with van der Waals surface area (Å²) < 4.78 is 6.72. The molecule has 0 N–H and O–H groups in total. The number of amides is 2. The Kier molecular flexibility index (Phi) is 4.59. The largest absolute Gasteiger partial charge is 0.361 e. The zero-order valence-electron chi connectivity index (χ0n) is 13.1. The van der Waals surface area contributed by atoms with Crippen LogP contribution in [0.3, 0.4) is 0 Å². The average Bonchev–Trinajstić information content (AvgIpc) is 3.12. The first kappa shape index (κ1) is 15.7. The van der Waals surface area contributed by atoms with Crippen molar-refractivity contribution in [3.05, 3.63) is 29.5 Å². The number of hydrogen-bond acceptors (Lipinski definition) is 5. The number of aromatic nitrogens is 3. The van der Waals surface area contributed by atoms with Crippen LogP contribution in [0, 0.1) is 0 Å². The summed E-state index contributed by atoms with van der Waals surface area (Å²) in [6.45, 7) is 2.29. The molecule has 0 aliphatic rings. The molecule has 22 heavy (non-hydrogen) atoms. The summed E-state index contributed by atoms with van der Waals surface area (Å²) in [7, 11) is 4.93. The fraction of sp³-hybridized carbons (Fsp3) is 0.429. The van der Waals surface area contributed by atoms with Crippen molar-refractivity contribution in [3.8, 4) is 0 Å². The van der Waals surface area contributed by atoms with Crippen LogP contribution in [0.15, 0.2) is 16.9 Å². The van der Waals surface area contributed by atoms with Crippen molar-refractivity contribution >= 4 is 18.1 Å². The molecule has 0 radical (unpaired) electrons. The summed E-state index contributed by atoms with van der Waals surface area (Å²) >= 11 is 0. The van der Waals surface area contributed by atoms with Gasteiger partial charge in [0.05, 0.1) is 12.9 Å². The van der Waals surface area contributed by atoms with E-state index in [0.29, 0.717) is 30.2 Å². The lowest BCUT2D eigenvalue weighted by molar-refractivity contribution is -0.107. The van der Waals surface area contributed by atoms with Gasteiger partial charge in [-0.05, 0) is 0 Å². The molecular formula is C14H19N5O3. The first-order chi connectivity index (χ1) is 10.5. The normalized spacial score (nSPS) is 10.5. The second-order valence-corrected chi connectivity index (χ2v) is 5.04. The van der Waals surface area contributed by atoms with Crippen molar-refractivity contribution < 1.29 is 14.1 Å². The number of anilines is 1. The van der Waals surface area contributed by atoms with Crippen molar-refractivity contribution in [2.45, 2.75) is 19.9 Å². The number of carbonyl (C=O) groups is 2. The van der Waals surface area contributed by atoms with Gasteiger partial charge in [0.1, 0.15) is 11.5 Å². The lowest BCUT2D eigenvalue weighted by Crippen LogP contribution is -2.30. The van der Waals surface area contributed by atoms with Gasteiger partial charge >= 0.3 is 0 Å². The van der Waals surface area contributed by atoms with E-state index >= 15 is 0 Å². The Morgan fingerprint density at radius 2 is 2.18 bits per heavy atom. The van der Waals surface area contributed by atoms with Gasteiger partial charge in [0.2, 0.25) is 6.41 Å². The molecule has 0 aliphatic heterocycles. The second kappa shape index (κ2) is 6.42. The minimum Gasteiger partial charge on any atom is -0.361 e. The summed E-state index contributed by atoms with van der Waals surface area (Å²) in [5, 5.41) is 3.93. The second-order valence-electron chi connectivity index (χ2n) is 5.04. The van der Waals surface area contributed by atoms with Crippen LogP contribution in [0.5, 0.6) is 0 Å². The van der Waals surface area contributed by atoms with Gasteiger partial charge in [-0.3, -0.25) is 9.59 Å². The molecule has 0 aromatic carbocycles. The van der Waals surface area contributed by atoms with Crippen LogP contribution in [-0.4, -0.2) is 46.0 Å². The number of aryl methyl sites for hydroxylation is 2. The highest BCUT2D eigenvalue weighted by Gasteiger charge is 2.23. The molecule has 0 fully saturated rings. The third kappa shape index (κ3) is 3.00. The maximum Gasteiger partial charge on any atom is 0.274 e. The van der Waals surface area contributed by atoms with Gasteiger partial charge in [0.15, 0.2) is 11.5 Å². The summed E-state index contributed by atoms with van der Waals surface area (Å²) in [5.41, 5.74) is 1.02. The summed E-state index contributed by atoms with van der Waals surface area (Å²) in [6, 6.07) is 1.82. The first-order valence-electron chi connectivity index (χ1n) is 6.87. The predicted molar refractivity (Wildman–Crippen MR) is 79.4 cm³/mol. The summed E-state index contributed by atoms with van der Waals surface area (Å²) in [6.07, 6.45) is 2.87. The van der Waals surface area contributed by atoms with Crippen LogP contribution in [0.2, 0.25) is 0 Å². The Balaban J connectivity index is 2.20. The van der Waals surface area contributed by atoms with Gasteiger partial charge in [-0.15, -0.1) is 0 Å². The molecule has 0 saturated heterocycles. The molecule has 2 aromatic heterocycles. The molecule has 118 valence electrons. The minimum absolute atomic E-state index is 0.246. The monoisotopic (exact) mass is 305 g/mol. The van der Waals surface area contributed by atoms with E-state index in [9.17, 15) is 9.59 Å². The molecule has 2 amide bonds. The lowest BCUT2D eigenvalue weighted by atomic mass is 10.3. The zero-order valence-corrected chi connectivity index (χ0v) is 13.1. The maximum atomic E-state index is 12.6. The summed E-state index contributed by atoms with van der Waals surface area (Å²) in [4.78, 5) is 30.4. The lowest BCUT2D eigenvalue weighted by Gasteiger charge is -2.18. The predicted octanol–water partition coefficient (Wildman–Crippen LogP) is 0.835. The highest BCUT2D eigenvalue weighted by Crippen LogP contribution is 2.18. The molecule has 0 spiro atoms.